The van der Waals surface area contributed by atoms with Gasteiger partial charge in [-0.2, -0.15) is 0 Å². The Kier molecular flexibility index (Phi) is 6.08. The van der Waals surface area contributed by atoms with Crippen LogP contribution in [0.15, 0.2) is 18.2 Å². The molecule has 0 saturated heterocycles. The van der Waals surface area contributed by atoms with Crippen molar-refractivity contribution >= 4 is 0 Å². The minimum absolute atomic E-state index is 0.0248. The molecule has 1 saturated carbocycles. The quantitative estimate of drug-likeness (QED) is 0.848. The first-order valence-corrected chi connectivity index (χ1v) is 7.60. The van der Waals surface area contributed by atoms with Crippen molar-refractivity contribution in [1.29, 1.82) is 0 Å². The second-order valence-electron chi connectivity index (χ2n) is 5.66. The third-order valence-corrected chi connectivity index (χ3v) is 4.22. The maximum atomic E-state index is 13.7. The molecular formula is C16H23F2NO2. The van der Waals surface area contributed by atoms with Crippen LogP contribution in [0.5, 0.6) is 0 Å². The Morgan fingerprint density at radius 3 is 2.33 bits per heavy atom. The summed E-state index contributed by atoms with van der Waals surface area (Å²) in [5, 5.41) is 19.4. The monoisotopic (exact) mass is 299 g/mol. The van der Waals surface area contributed by atoms with Gasteiger partial charge in [0.05, 0.1) is 18.3 Å². The Labute approximate surface area is 124 Å². The minimum Gasteiger partial charge on any atom is -0.395 e. The Morgan fingerprint density at radius 2 is 1.76 bits per heavy atom. The molecule has 0 bridgehead atoms. The molecule has 2 N–H and O–H groups in total. The zero-order valence-electron chi connectivity index (χ0n) is 12.1. The normalized spacial score (nSPS) is 18.1. The SMILES string of the molecule is OCCN(CC(O)c1c(F)cccc1F)C1CCCCC1. The summed E-state index contributed by atoms with van der Waals surface area (Å²) in [7, 11) is 0. The van der Waals surface area contributed by atoms with E-state index in [-0.39, 0.29) is 24.8 Å². The van der Waals surface area contributed by atoms with Gasteiger partial charge in [-0.15, -0.1) is 0 Å². The molecular weight excluding hydrogens is 276 g/mol. The van der Waals surface area contributed by atoms with Crippen molar-refractivity contribution in [2.45, 2.75) is 44.2 Å². The van der Waals surface area contributed by atoms with Crippen molar-refractivity contribution in [1.82, 2.24) is 4.90 Å². The van der Waals surface area contributed by atoms with Crippen LogP contribution in [0.2, 0.25) is 0 Å². The lowest BCUT2D eigenvalue weighted by Crippen LogP contribution is -2.41. The molecule has 1 unspecified atom stereocenters. The van der Waals surface area contributed by atoms with Crippen molar-refractivity contribution in [3.63, 3.8) is 0 Å². The van der Waals surface area contributed by atoms with Crippen LogP contribution in [-0.2, 0) is 0 Å². The van der Waals surface area contributed by atoms with E-state index in [1.807, 2.05) is 4.90 Å². The van der Waals surface area contributed by atoms with E-state index in [2.05, 4.69) is 0 Å². The topological polar surface area (TPSA) is 43.7 Å². The zero-order chi connectivity index (χ0) is 15.2. The average Bonchev–Trinajstić information content (AvgIpc) is 2.47. The van der Waals surface area contributed by atoms with Crippen molar-refractivity contribution in [3.05, 3.63) is 35.4 Å². The molecule has 3 nitrogen and oxygen atoms in total. The lowest BCUT2D eigenvalue weighted by Gasteiger charge is -2.35. The Hall–Kier alpha value is -1.04. The molecule has 21 heavy (non-hydrogen) atoms. The molecule has 1 aliphatic rings. The fourth-order valence-corrected chi connectivity index (χ4v) is 3.14. The number of hydrogen-bond donors (Lipinski definition) is 2. The van der Waals surface area contributed by atoms with Crippen LogP contribution < -0.4 is 0 Å². The number of nitrogens with zero attached hydrogens (tertiary/aromatic N) is 1. The highest BCUT2D eigenvalue weighted by atomic mass is 19.1. The molecule has 0 aromatic heterocycles. The van der Waals surface area contributed by atoms with Crippen molar-refractivity contribution < 1.29 is 19.0 Å². The average molecular weight is 299 g/mol. The number of aliphatic hydroxyl groups excluding tert-OH is 2. The molecule has 1 aromatic rings. The first-order chi connectivity index (χ1) is 10.1. The maximum Gasteiger partial charge on any atom is 0.131 e. The molecule has 0 heterocycles. The third kappa shape index (κ3) is 4.22. The summed E-state index contributed by atoms with van der Waals surface area (Å²) in [5.41, 5.74) is -0.281. The molecule has 0 amide bonds. The van der Waals surface area contributed by atoms with E-state index >= 15 is 0 Å². The third-order valence-electron chi connectivity index (χ3n) is 4.22. The highest BCUT2D eigenvalue weighted by Gasteiger charge is 2.25. The van der Waals surface area contributed by atoms with Gasteiger partial charge < -0.3 is 10.2 Å². The van der Waals surface area contributed by atoms with Crippen LogP contribution in [0, 0.1) is 11.6 Å². The van der Waals surface area contributed by atoms with Gasteiger partial charge in [-0.3, -0.25) is 4.90 Å². The van der Waals surface area contributed by atoms with Crippen LogP contribution >= 0.6 is 0 Å². The summed E-state index contributed by atoms with van der Waals surface area (Å²) < 4.78 is 27.4. The van der Waals surface area contributed by atoms with E-state index in [1.165, 1.54) is 12.5 Å². The van der Waals surface area contributed by atoms with Gasteiger partial charge in [0.25, 0.3) is 0 Å². The van der Waals surface area contributed by atoms with E-state index < -0.39 is 17.7 Å². The standard InChI is InChI=1S/C16H23F2NO2/c17-13-7-4-8-14(18)16(13)15(21)11-19(9-10-20)12-5-2-1-3-6-12/h4,7-8,12,15,20-21H,1-3,5-6,9-11H2. The lowest BCUT2D eigenvalue weighted by molar-refractivity contribution is 0.0567. The summed E-state index contributed by atoms with van der Waals surface area (Å²) in [6.07, 6.45) is 4.24. The summed E-state index contributed by atoms with van der Waals surface area (Å²) in [6.45, 7) is 0.532. The van der Waals surface area contributed by atoms with Crippen LogP contribution in [-0.4, -0.2) is 40.9 Å². The number of halogens is 2. The molecule has 1 aromatic carbocycles. The molecule has 0 spiro atoms. The van der Waals surface area contributed by atoms with E-state index in [0.717, 1.165) is 37.8 Å². The molecule has 1 fully saturated rings. The molecule has 0 radical (unpaired) electrons. The molecule has 1 aliphatic carbocycles. The Balaban J connectivity index is 2.08. The van der Waals surface area contributed by atoms with Gasteiger partial charge in [-0.25, -0.2) is 8.78 Å². The lowest BCUT2D eigenvalue weighted by atomic mass is 9.93. The first-order valence-electron chi connectivity index (χ1n) is 7.60. The highest BCUT2D eigenvalue weighted by Crippen LogP contribution is 2.26. The van der Waals surface area contributed by atoms with Gasteiger partial charge in [0.2, 0.25) is 0 Å². The molecule has 2 rings (SSSR count). The van der Waals surface area contributed by atoms with Crippen LogP contribution in [0.4, 0.5) is 8.78 Å². The fourth-order valence-electron chi connectivity index (χ4n) is 3.14. The van der Waals surface area contributed by atoms with Gasteiger partial charge in [-0.05, 0) is 25.0 Å². The first kappa shape index (κ1) is 16.3. The fraction of sp³-hybridized carbons (Fsp3) is 0.625. The van der Waals surface area contributed by atoms with E-state index in [0.29, 0.717) is 6.54 Å². The Bertz CT molecular complexity index is 430. The summed E-state index contributed by atoms with van der Waals surface area (Å²) >= 11 is 0. The Morgan fingerprint density at radius 1 is 1.14 bits per heavy atom. The van der Waals surface area contributed by atoms with E-state index in [1.54, 1.807) is 0 Å². The van der Waals surface area contributed by atoms with E-state index in [4.69, 9.17) is 0 Å². The largest absolute Gasteiger partial charge is 0.395 e. The van der Waals surface area contributed by atoms with Gasteiger partial charge in [-0.1, -0.05) is 25.3 Å². The summed E-state index contributed by atoms with van der Waals surface area (Å²) in [6, 6.07) is 3.86. The zero-order valence-corrected chi connectivity index (χ0v) is 12.1. The summed E-state index contributed by atoms with van der Waals surface area (Å²) in [5.74, 6) is -1.45. The van der Waals surface area contributed by atoms with Crippen LogP contribution in [0.25, 0.3) is 0 Å². The molecule has 0 aliphatic heterocycles. The van der Waals surface area contributed by atoms with Crippen LogP contribution in [0.3, 0.4) is 0 Å². The maximum absolute atomic E-state index is 13.7. The van der Waals surface area contributed by atoms with Crippen molar-refractivity contribution in [2.75, 3.05) is 19.7 Å². The molecule has 1 atom stereocenters. The highest BCUT2D eigenvalue weighted by molar-refractivity contribution is 5.22. The van der Waals surface area contributed by atoms with Gasteiger partial charge >= 0.3 is 0 Å². The van der Waals surface area contributed by atoms with Gasteiger partial charge in [0.15, 0.2) is 0 Å². The number of hydrogen-bond acceptors (Lipinski definition) is 3. The second-order valence-corrected chi connectivity index (χ2v) is 5.66. The number of rotatable bonds is 6. The smallest absolute Gasteiger partial charge is 0.131 e. The van der Waals surface area contributed by atoms with Gasteiger partial charge in [0, 0.05) is 19.1 Å². The van der Waals surface area contributed by atoms with Crippen molar-refractivity contribution in [3.8, 4) is 0 Å². The molecule has 118 valence electrons. The number of aliphatic hydroxyl groups is 2. The minimum atomic E-state index is -1.22. The predicted molar refractivity (Wildman–Crippen MR) is 76.8 cm³/mol. The summed E-state index contributed by atoms with van der Waals surface area (Å²) in [4.78, 5) is 1.95. The van der Waals surface area contributed by atoms with Crippen LogP contribution in [0.1, 0.15) is 43.8 Å². The van der Waals surface area contributed by atoms with Gasteiger partial charge in [0.1, 0.15) is 11.6 Å². The molecule has 5 heteroatoms. The van der Waals surface area contributed by atoms with E-state index in [9.17, 15) is 19.0 Å². The predicted octanol–water partition coefficient (Wildman–Crippen LogP) is 2.63. The second kappa shape index (κ2) is 7.82. The number of benzene rings is 1. The van der Waals surface area contributed by atoms with Crippen molar-refractivity contribution in [2.24, 2.45) is 0 Å².